The highest BCUT2D eigenvalue weighted by molar-refractivity contribution is 7.09. The lowest BCUT2D eigenvalue weighted by Crippen LogP contribution is -1.96. The van der Waals surface area contributed by atoms with E-state index in [1.54, 1.807) is 24.6 Å². The van der Waals surface area contributed by atoms with Gasteiger partial charge in [-0.1, -0.05) is 0 Å². The predicted octanol–water partition coefficient (Wildman–Crippen LogP) is 1.95. The van der Waals surface area contributed by atoms with Crippen LogP contribution >= 0.6 is 11.3 Å². The molecule has 0 radical (unpaired) electrons. The van der Waals surface area contributed by atoms with E-state index >= 15 is 0 Å². The topological polar surface area (TPSA) is 50.7 Å². The van der Waals surface area contributed by atoms with Crippen LogP contribution < -0.4 is 5.32 Å². The Bertz CT molecular complexity index is 438. The molecule has 0 spiro atoms. The standard InChI is InChI=1S/C9H10N4S/c1-6-12-8(5-14-6)7-3-4-11-9(10-2)13-7/h3-5H,1-2H3,(H,10,11,13). The fraction of sp³-hybridized carbons (Fsp3) is 0.222. The first-order valence-electron chi connectivity index (χ1n) is 4.23. The van der Waals surface area contributed by atoms with Gasteiger partial charge in [0.05, 0.1) is 10.7 Å². The van der Waals surface area contributed by atoms with Crippen molar-refractivity contribution in [2.24, 2.45) is 0 Å². The molecule has 72 valence electrons. The zero-order valence-corrected chi connectivity index (χ0v) is 8.80. The highest BCUT2D eigenvalue weighted by atomic mass is 32.1. The minimum absolute atomic E-state index is 0.619. The smallest absolute Gasteiger partial charge is 0.222 e. The highest BCUT2D eigenvalue weighted by Crippen LogP contribution is 2.19. The van der Waals surface area contributed by atoms with Crippen molar-refractivity contribution in [1.82, 2.24) is 15.0 Å². The van der Waals surface area contributed by atoms with Crippen LogP contribution in [0.15, 0.2) is 17.6 Å². The molecule has 14 heavy (non-hydrogen) atoms. The molecule has 0 saturated carbocycles. The third-order valence-corrected chi connectivity index (χ3v) is 2.53. The molecule has 4 nitrogen and oxygen atoms in total. The second-order valence-corrected chi connectivity index (χ2v) is 3.83. The van der Waals surface area contributed by atoms with Crippen LogP contribution in [0.5, 0.6) is 0 Å². The number of nitrogens with zero attached hydrogens (tertiary/aromatic N) is 3. The van der Waals surface area contributed by atoms with Gasteiger partial charge in [0.25, 0.3) is 0 Å². The van der Waals surface area contributed by atoms with Crippen molar-refractivity contribution in [2.75, 3.05) is 12.4 Å². The minimum atomic E-state index is 0.619. The van der Waals surface area contributed by atoms with Gasteiger partial charge in [-0.05, 0) is 13.0 Å². The molecule has 2 aromatic heterocycles. The van der Waals surface area contributed by atoms with E-state index in [9.17, 15) is 0 Å². The summed E-state index contributed by atoms with van der Waals surface area (Å²) < 4.78 is 0. The summed E-state index contributed by atoms with van der Waals surface area (Å²) in [5.41, 5.74) is 1.76. The summed E-state index contributed by atoms with van der Waals surface area (Å²) in [5.74, 6) is 0.619. The Balaban J connectivity index is 2.41. The van der Waals surface area contributed by atoms with Crippen LogP contribution in [0, 0.1) is 6.92 Å². The van der Waals surface area contributed by atoms with Crippen molar-refractivity contribution < 1.29 is 0 Å². The van der Waals surface area contributed by atoms with Gasteiger partial charge in [0.1, 0.15) is 5.69 Å². The average Bonchev–Trinajstić information content (AvgIpc) is 2.65. The first kappa shape index (κ1) is 9.08. The summed E-state index contributed by atoms with van der Waals surface area (Å²) in [6.07, 6.45) is 1.73. The molecule has 0 bridgehead atoms. The summed E-state index contributed by atoms with van der Waals surface area (Å²) in [4.78, 5) is 12.7. The van der Waals surface area contributed by atoms with Gasteiger partial charge in [0.15, 0.2) is 0 Å². The third-order valence-electron chi connectivity index (χ3n) is 1.76. The predicted molar refractivity (Wildman–Crippen MR) is 57.4 cm³/mol. The molecule has 2 heterocycles. The Morgan fingerprint density at radius 3 is 2.79 bits per heavy atom. The lowest BCUT2D eigenvalue weighted by Gasteiger charge is -1.99. The van der Waals surface area contributed by atoms with Crippen molar-refractivity contribution in [3.63, 3.8) is 0 Å². The molecular weight excluding hydrogens is 196 g/mol. The first-order chi connectivity index (χ1) is 6.79. The molecule has 0 aliphatic heterocycles. The van der Waals surface area contributed by atoms with Gasteiger partial charge in [0, 0.05) is 18.6 Å². The van der Waals surface area contributed by atoms with E-state index in [0.717, 1.165) is 16.4 Å². The number of hydrogen-bond acceptors (Lipinski definition) is 5. The number of anilines is 1. The molecule has 0 saturated heterocycles. The van der Waals surface area contributed by atoms with E-state index < -0.39 is 0 Å². The Morgan fingerprint density at radius 2 is 2.14 bits per heavy atom. The number of rotatable bonds is 2. The maximum Gasteiger partial charge on any atom is 0.222 e. The van der Waals surface area contributed by atoms with Crippen LogP contribution in [0.3, 0.4) is 0 Å². The van der Waals surface area contributed by atoms with Crippen molar-refractivity contribution in [3.05, 3.63) is 22.7 Å². The fourth-order valence-electron chi connectivity index (χ4n) is 1.10. The van der Waals surface area contributed by atoms with Crippen LogP contribution in [0.25, 0.3) is 11.4 Å². The second kappa shape index (κ2) is 3.71. The van der Waals surface area contributed by atoms with E-state index in [0.29, 0.717) is 5.95 Å². The van der Waals surface area contributed by atoms with Crippen molar-refractivity contribution >= 4 is 17.3 Å². The zero-order chi connectivity index (χ0) is 9.97. The van der Waals surface area contributed by atoms with E-state index in [1.807, 2.05) is 18.4 Å². The van der Waals surface area contributed by atoms with Gasteiger partial charge in [0.2, 0.25) is 5.95 Å². The number of hydrogen-bond donors (Lipinski definition) is 1. The quantitative estimate of drug-likeness (QED) is 0.816. The summed E-state index contributed by atoms with van der Waals surface area (Å²) in [6, 6.07) is 1.86. The molecule has 5 heteroatoms. The maximum atomic E-state index is 4.36. The van der Waals surface area contributed by atoms with Gasteiger partial charge in [-0.15, -0.1) is 11.3 Å². The van der Waals surface area contributed by atoms with E-state index in [-0.39, 0.29) is 0 Å². The van der Waals surface area contributed by atoms with Crippen molar-refractivity contribution in [3.8, 4) is 11.4 Å². The molecule has 0 aliphatic carbocycles. The number of aryl methyl sites for hydroxylation is 1. The zero-order valence-electron chi connectivity index (χ0n) is 7.98. The van der Waals surface area contributed by atoms with Gasteiger partial charge >= 0.3 is 0 Å². The van der Waals surface area contributed by atoms with E-state index in [1.165, 1.54) is 0 Å². The average molecular weight is 206 g/mol. The molecule has 1 N–H and O–H groups in total. The van der Waals surface area contributed by atoms with Crippen LogP contribution in [0.2, 0.25) is 0 Å². The SMILES string of the molecule is CNc1nccc(-c2csc(C)n2)n1. The minimum Gasteiger partial charge on any atom is -0.357 e. The monoisotopic (exact) mass is 206 g/mol. The third kappa shape index (κ3) is 1.72. The molecule has 2 aromatic rings. The van der Waals surface area contributed by atoms with Crippen molar-refractivity contribution in [2.45, 2.75) is 6.92 Å². The van der Waals surface area contributed by atoms with E-state index in [2.05, 4.69) is 20.3 Å². The summed E-state index contributed by atoms with van der Waals surface area (Å²) in [6.45, 7) is 1.98. The molecule has 0 atom stereocenters. The number of thiazole rings is 1. The summed E-state index contributed by atoms with van der Waals surface area (Å²) >= 11 is 1.62. The van der Waals surface area contributed by atoms with Gasteiger partial charge in [-0.2, -0.15) is 0 Å². The van der Waals surface area contributed by atoms with Crippen LogP contribution in [0.4, 0.5) is 5.95 Å². The molecular formula is C9H10N4S. The van der Waals surface area contributed by atoms with Crippen LogP contribution in [-0.2, 0) is 0 Å². The Morgan fingerprint density at radius 1 is 1.29 bits per heavy atom. The van der Waals surface area contributed by atoms with E-state index in [4.69, 9.17) is 0 Å². The molecule has 0 aromatic carbocycles. The normalized spacial score (nSPS) is 10.1. The lowest BCUT2D eigenvalue weighted by atomic mass is 10.3. The maximum absolute atomic E-state index is 4.36. The van der Waals surface area contributed by atoms with Gasteiger partial charge < -0.3 is 5.32 Å². The Hall–Kier alpha value is -1.49. The molecule has 0 fully saturated rings. The highest BCUT2D eigenvalue weighted by Gasteiger charge is 2.04. The second-order valence-electron chi connectivity index (χ2n) is 2.77. The largest absolute Gasteiger partial charge is 0.357 e. The van der Waals surface area contributed by atoms with Gasteiger partial charge in [-0.3, -0.25) is 0 Å². The molecule has 0 amide bonds. The summed E-state index contributed by atoms with van der Waals surface area (Å²) in [7, 11) is 1.80. The Labute approximate surface area is 86.1 Å². The molecule has 0 unspecified atom stereocenters. The fourth-order valence-corrected chi connectivity index (χ4v) is 1.71. The molecule has 0 aliphatic rings. The first-order valence-corrected chi connectivity index (χ1v) is 5.11. The Kier molecular flexibility index (Phi) is 2.41. The molecule has 2 rings (SSSR count). The number of nitrogens with one attached hydrogen (secondary N) is 1. The summed E-state index contributed by atoms with van der Waals surface area (Å²) in [5, 5.41) is 5.94. The lowest BCUT2D eigenvalue weighted by molar-refractivity contribution is 1.14. The van der Waals surface area contributed by atoms with Gasteiger partial charge in [-0.25, -0.2) is 15.0 Å². The van der Waals surface area contributed by atoms with Crippen LogP contribution in [-0.4, -0.2) is 22.0 Å². The number of aromatic nitrogens is 3. The van der Waals surface area contributed by atoms with Crippen LogP contribution in [0.1, 0.15) is 5.01 Å². The van der Waals surface area contributed by atoms with Crippen molar-refractivity contribution in [1.29, 1.82) is 0 Å².